The normalized spacial score (nSPS) is 22.5. The maximum atomic E-state index is 4.15. The summed E-state index contributed by atoms with van der Waals surface area (Å²) in [4.78, 5) is 4.00. The Morgan fingerprint density at radius 1 is 0.806 bits per heavy atom. The van der Waals surface area contributed by atoms with Gasteiger partial charge in [-0.15, -0.1) is 22.1 Å². The van der Waals surface area contributed by atoms with E-state index < -0.39 is 0 Å². The van der Waals surface area contributed by atoms with Crippen molar-refractivity contribution in [3.8, 4) is 0 Å². The van der Waals surface area contributed by atoms with Gasteiger partial charge in [-0.2, -0.15) is 0 Å². The van der Waals surface area contributed by atoms with Crippen LogP contribution in [-0.2, 0) is 17.8 Å². The zero-order valence-electron chi connectivity index (χ0n) is 21.7. The quantitative estimate of drug-likeness (QED) is 0.135. The zero-order valence-corrected chi connectivity index (χ0v) is 27.3. The van der Waals surface area contributed by atoms with Gasteiger partial charge < -0.3 is 4.99 Å². The summed E-state index contributed by atoms with van der Waals surface area (Å²) in [7, 11) is 2.69. The molecule has 3 atom stereocenters. The summed E-state index contributed by atoms with van der Waals surface area (Å²) in [6.45, 7) is 17.9. The van der Waals surface area contributed by atoms with Crippen molar-refractivity contribution in [1.29, 1.82) is 0 Å². The number of hydrogen-bond donors (Lipinski definition) is 0. The fourth-order valence-corrected chi connectivity index (χ4v) is 7.62. The number of nitrogens with zero attached hydrogens (tertiary/aromatic N) is 1. The standard InChI is InChI=1S/C14H22N.2C6H15P.BrH.Pt/c1-11(10-15-2)13-9-5-7-12-6-3-4-8-14(12)13;2*1-4-7(5-2)6-3;;/h12-14H,1,3-9H2,2H3;2*4-6H2,1-3H3;1H;/q-1;;;;+2/p-1. The molecule has 0 N–H and O–H groups in total. The van der Waals surface area contributed by atoms with E-state index in [0.29, 0.717) is 21.8 Å². The fourth-order valence-electron chi connectivity index (χ4n) is 4.94. The van der Waals surface area contributed by atoms with Crippen LogP contribution in [0.5, 0.6) is 0 Å². The third kappa shape index (κ3) is 15.9. The van der Waals surface area contributed by atoms with Gasteiger partial charge >= 0.3 is 31.1 Å². The van der Waals surface area contributed by atoms with Gasteiger partial charge in [-0.25, -0.2) is 12.2 Å². The van der Waals surface area contributed by atoms with Gasteiger partial charge in [0.25, 0.3) is 0 Å². The second-order valence-electron chi connectivity index (χ2n) is 8.35. The third-order valence-corrected chi connectivity index (χ3v) is 12.3. The van der Waals surface area contributed by atoms with Crippen LogP contribution in [0.1, 0.15) is 86.5 Å². The van der Waals surface area contributed by atoms with E-state index >= 15 is 0 Å². The number of fused-ring (bicyclic) bond motifs is 1. The Bertz CT molecular complexity index is 401. The topological polar surface area (TPSA) is 12.4 Å². The monoisotopic (exact) mass is 714 g/mol. The van der Waals surface area contributed by atoms with Gasteiger partial charge in [0.2, 0.25) is 0 Å². The number of allylic oxidation sites excluding steroid dienone is 1. The summed E-state index contributed by atoms with van der Waals surface area (Å²) in [5.74, 6) is 2.56. The van der Waals surface area contributed by atoms with Crippen LogP contribution in [-0.4, -0.2) is 50.2 Å². The van der Waals surface area contributed by atoms with Crippen molar-refractivity contribution in [2.75, 3.05) is 44.0 Å². The molecule has 1 nitrogen and oxygen atoms in total. The molecule has 0 bridgehead atoms. The van der Waals surface area contributed by atoms with Crippen LogP contribution in [0.15, 0.2) is 17.1 Å². The molecule has 0 aliphatic heterocycles. The Morgan fingerprint density at radius 2 is 1.23 bits per heavy atom. The van der Waals surface area contributed by atoms with Crippen LogP contribution in [0.4, 0.5) is 0 Å². The molecule has 0 radical (unpaired) electrons. The van der Waals surface area contributed by atoms with Crippen LogP contribution in [0.3, 0.4) is 0 Å². The van der Waals surface area contributed by atoms with E-state index in [0.717, 1.165) is 17.4 Å². The first-order valence-electron chi connectivity index (χ1n) is 12.6. The minimum absolute atomic E-state index is 0.446. The summed E-state index contributed by atoms with van der Waals surface area (Å²) in [5.41, 5.74) is 1.16. The van der Waals surface area contributed by atoms with Gasteiger partial charge in [-0.05, 0) is 67.6 Å². The summed E-state index contributed by atoms with van der Waals surface area (Å²) in [6, 6.07) is 0. The van der Waals surface area contributed by atoms with E-state index in [1.807, 2.05) is 17.8 Å². The molecule has 0 spiro atoms. The molecule has 31 heavy (non-hydrogen) atoms. The Balaban J connectivity index is 0. The molecular weight excluding hydrogens is 663 g/mol. The Hall–Kier alpha value is 1.44. The molecule has 0 heterocycles. The average Bonchev–Trinajstić information content (AvgIpc) is 2.83. The second kappa shape index (κ2) is 24.6. The molecule has 0 saturated heterocycles. The van der Waals surface area contributed by atoms with Crippen molar-refractivity contribution in [1.82, 2.24) is 0 Å². The molecule has 0 aromatic rings. The molecule has 2 saturated carbocycles. The molecule has 0 amide bonds. The van der Waals surface area contributed by atoms with E-state index in [1.54, 1.807) is 7.05 Å². The Morgan fingerprint density at radius 3 is 1.61 bits per heavy atom. The van der Waals surface area contributed by atoms with E-state index in [9.17, 15) is 0 Å². The van der Waals surface area contributed by atoms with Crippen molar-refractivity contribution < 1.29 is 17.8 Å². The van der Waals surface area contributed by atoms with Crippen LogP contribution < -0.4 is 0 Å². The SMILES string of the molecule is C=C([C-]=NC)C1CCCC2CCCCC21.CCP(CC)CC.CCP(CC)CC.[Br][Pt+]. The van der Waals surface area contributed by atoms with Crippen LogP contribution in [0.25, 0.3) is 0 Å². The summed E-state index contributed by atoms with van der Waals surface area (Å²) < 4.78 is 0. The maximum absolute atomic E-state index is 4.15. The molecular formula is C26H52BrNP2Pt. The predicted octanol–water partition coefficient (Wildman–Crippen LogP) is 9.63. The third-order valence-electron chi connectivity index (χ3n) is 6.96. The fraction of sp³-hybridized carbons (Fsp3) is 0.885. The molecule has 2 aliphatic rings. The van der Waals surface area contributed by atoms with Crippen molar-refractivity contribution in [2.45, 2.75) is 86.5 Å². The van der Waals surface area contributed by atoms with Gasteiger partial charge in [0.05, 0.1) is 0 Å². The molecule has 3 unspecified atom stereocenters. The first-order chi connectivity index (χ1) is 15.0. The van der Waals surface area contributed by atoms with Gasteiger partial charge in [-0.3, -0.25) is 0 Å². The first-order valence-corrected chi connectivity index (χ1v) is 21.4. The predicted molar refractivity (Wildman–Crippen MR) is 151 cm³/mol. The zero-order chi connectivity index (χ0) is 24.1. The molecule has 2 rings (SSSR count). The number of rotatable bonds is 8. The molecule has 0 aromatic carbocycles. The molecule has 0 aromatic heterocycles. The van der Waals surface area contributed by atoms with Gasteiger partial charge in [-0.1, -0.05) is 73.6 Å². The van der Waals surface area contributed by atoms with Crippen LogP contribution in [0.2, 0.25) is 0 Å². The first kappa shape index (κ1) is 34.6. The summed E-state index contributed by atoms with van der Waals surface area (Å²) >= 11 is 4.86. The van der Waals surface area contributed by atoms with Crippen molar-refractivity contribution >= 4 is 35.4 Å². The van der Waals surface area contributed by atoms with Crippen molar-refractivity contribution in [3.63, 3.8) is 0 Å². The van der Waals surface area contributed by atoms with Crippen LogP contribution in [0, 0.1) is 17.8 Å². The summed E-state index contributed by atoms with van der Waals surface area (Å²) in [5, 5.41) is 0. The van der Waals surface area contributed by atoms with E-state index in [1.165, 1.54) is 81.9 Å². The van der Waals surface area contributed by atoms with E-state index in [-0.39, 0.29) is 0 Å². The van der Waals surface area contributed by atoms with Gasteiger partial charge in [0, 0.05) is 7.05 Å². The average molecular weight is 716 g/mol. The number of aliphatic imine (C=N–C) groups is 1. The molecule has 2 aliphatic carbocycles. The van der Waals surface area contributed by atoms with E-state index in [4.69, 9.17) is 0 Å². The molecule has 5 heteroatoms. The Kier molecular flexibility index (Phi) is 27.4. The van der Waals surface area contributed by atoms with Gasteiger partial charge in [0.1, 0.15) is 0 Å². The summed E-state index contributed by atoms with van der Waals surface area (Å²) in [6.07, 6.45) is 21.5. The van der Waals surface area contributed by atoms with Gasteiger partial charge in [0.15, 0.2) is 0 Å². The Labute approximate surface area is 217 Å². The molecule has 188 valence electrons. The number of hydrogen-bond acceptors (Lipinski definition) is 1. The number of halogens is 1. The minimum atomic E-state index is 0.446. The van der Waals surface area contributed by atoms with Crippen LogP contribution >= 0.6 is 29.1 Å². The van der Waals surface area contributed by atoms with E-state index in [2.05, 4.69) is 72.6 Å². The van der Waals surface area contributed by atoms with Crippen molar-refractivity contribution in [3.05, 3.63) is 12.2 Å². The molecule has 2 fully saturated rings. The van der Waals surface area contributed by atoms with Crippen molar-refractivity contribution in [2.24, 2.45) is 22.7 Å². The second-order valence-corrected chi connectivity index (χ2v) is 14.8.